The molecule has 4 unspecified atom stereocenters. The maximum Gasteiger partial charge on any atom is 0.0564 e. The van der Waals surface area contributed by atoms with Crippen molar-refractivity contribution in [1.82, 2.24) is 5.32 Å². The fourth-order valence-electron chi connectivity index (χ4n) is 2.62. The molecule has 0 amide bonds. The Bertz CT molecular complexity index is 455. The molecule has 0 saturated heterocycles. The largest absolute Gasteiger partial charge is 0.307 e. The molecule has 0 aromatic heterocycles. The van der Waals surface area contributed by atoms with Gasteiger partial charge in [0.2, 0.25) is 0 Å². The highest BCUT2D eigenvalue weighted by atomic mass is 32.2. The van der Waals surface area contributed by atoms with Crippen molar-refractivity contribution in [2.24, 2.45) is 5.92 Å². The second-order valence-corrected chi connectivity index (χ2v) is 7.10. The van der Waals surface area contributed by atoms with Gasteiger partial charge in [-0.25, -0.2) is 0 Å². The molecule has 0 radical (unpaired) electrons. The van der Waals surface area contributed by atoms with Gasteiger partial charge in [0.1, 0.15) is 0 Å². The third-order valence-corrected chi connectivity index (χ3v) is 5.98. The smallest absolute Gasteiger partial charge is 0.0564 e. The minimum atomic E-state index is -0.845. The second-order valence-electron chi connectivity index (χ2n) is 5.32. The van der Waals surface area contributed by atoms with Crippen molar-refractivity contribution in [2.45, 2.75) is 48.9 Å². The van der Waals surface area contributed by atoms with Gasteiger partial charge >= 0.3 is 0 Å². The molecule has 17 heavy (non-hydrogen) atoms. The van der Waals surface area contributed by atoms with Gasteiger partial charge in [0, 0.05) is 22.2 Å². The van der Waals surface area contributed by atoms with Crippen molar-refractivity contribution >= 4 is 10.8 Å². The van der Waals surface area contributed by atoms with E-state index in [4.69, 9.17) is 0 Å². The van der Waals surface area contributed by atoms with Crippen LogP contribution in [0.4, 0.5) is 0 Å². The molecule has 0 bridgehead atoms. The molecule has 1 N–H and O–H groups in total. The van der Waals surface area contributed by atoms with Crippen LogP contribution in [0.3, 0.4) is 0 Å². The van der Waals surface area contributed by atoms with E-state index in [0.717, 1.165) is 4.90 Å². The molecule has 2 nitrogen and oxygen atoms in total. The number of nitrogens with one attached hydrogen (secondary N) is 1. The summed E-state index contributed by atoms with van der Waals surface area (Å²) in [7, 11) is -0.845. The summed E-state index contributed by atoms with van der Waals surface area (Å²) in [5.41, 5.74) is 1.25. The van der Waals surface area contributed by atoms with E-state index in [-0.39, 0.29) is 5.25 Å². The van der Waals surface area contributed by atoms with Crippen LogP contribution >= 0.6 is 0 Å². The molecule has 4 atom stereocenters. The molecule has 1 saturated carbocycles. The van der Waals surface area contributed by atoms with Crippen LogP contribution < -0.4 is 5.32 Å². The molecule has 0 spiro atoms. The standard InChI is InChI=1S/C14H19NOS/c1-9-10(2)17(16)13-6-4-3-5-12(13)14(9)15-11-7-8-11/h3-6,9-11,14-15H,7-8H2,1-2H3. The first kappa shape index (κ1) is 11.4. The summed E-state index contributed by atoms with van der Waals surface area (Å²) in [6.07, 6.45) is 2.59. The summed E-state index contributed by atoms with van der Waals surface area (Å²) in [6, 6.07) is 9.28. The highest BCUT2D eigenvalue weighted by molar-refractivity contribution is 7.85. The number of rotatable bonds is 2. The molecule has 92 valence electrons. The van der Waals surface area contributed by atoms with Gasteiger partial charge in [-0.3, -0.25) is 4.21 Å². The molecule has 1 heterocycles. The van der Waals surface area contributed by atoms with E-state index < -0.39 is 10.8 Å². The Hall–Kier alpha value is -0.670. The van der Waals surface area contributed by atoms with Crippen molar-refractivity contribution in [3.63, 3.8) is 0 Å². The normalized spacial score (nSPS) is 36.6. The Morgan fingerprint density at radius 2 is 1.94 bits per heavy atom. The van der Waals surface area contributed by atoms with Crippen LogP contribution in [0, 0.1) is 5.92 Å². The molecule has 1 aliphatic heterocycles. The second kappa shape index (κ2) is 4.21. The minimum Gasteiger partial charge on any atom is -0.307 e. The summed E-state index contributed by atoms with van der Waals surface area (Å²) in [5.74, 6) is 0.436. The Kier molecular flexibility index (Phi) is 2.83. The van der Waals surface area contributed by atoms with Crippen molar-refractivity contribution in [3.05, 3.63) is 29.8 Å². The lowest BCUT2D eigenvalue weighted by atomic mass is 9.91. The summed E-state index contributed by atoms with van der Waals surface area (Å²) in [4.78, 5) is 1.04. The van der Waals surface area contributed by atoms with E-state index >= 15 is 0 Å². The van der Waals surface area contributed by atoms with Gasteiger partial charge in [-0.2, -0.15) is 0 Å². The molecule has 1 aliphatic carbocycles. The maximum absolute atomic E-state index is 12.4. The van der Waals surface area contributed by atoms with Gasteiger partial charge in [-0.05, 0) is 30.4 Å². The molecular formula is C14H19NOS. The zero-order valence-electron chi connectivity index (χ0n) is 10.3. The Morgan fingerprint density at radius 3 is 2.65 bits per heavy atom. The van der Waals surface area contributed by atoms with E-state index in [1.54, 1.807) is 0 Å². The highest BCUT2D eigenvalue weighted by Crippen LogP contribution is 2.39. The van der Waals surface area contributed by atoms with E-state index in [9.17, 15) is 4.21 Å². The average Bonchev–Trinajstić information content (AvgIpc) is 3.16. The van der Waals surface area contributed by atoms with Gasteiger partial charge in [-0.1, -0.05) is 32.0 Å². The minimum absolute atomic E-state index is 0.237. The quantitative estimate of drug-likeness (QED) is 0.873. The Labute approximate surface area is 105 Å². The lowest BCUT2D eigenvalue weighted by Gasteiger charge is -2.36. The lowest BCUT2D eigenvalue weighted by Crippen LogP contribution is -2.39. The zero-order chi connectivity index (χ0) is 12.0. The summed E-state index contributed by atoms with van der Waals surface area (Å²) < 4.78 is 12.4. The lowest BCUT2D eigenvalue weighted by molar-refractivity contribution is 0.364. The summed E-state index contributed by atoms with van der Waals surface area (Å²) in [6.45, 7) is 4.33. The van der Waals surface area contributed by atoms with Crippen LogP contribution in [0.1, 0.15) is 38.3 Å². The monoisotopic (exact) mass is 249 g/mol. The van der Waals surface area contributed by atoms with Crippen LogP contribution in [0.2, 0.25) is 0 Å². The number of benzene rings is 1. The van der Waals surface area contributed by atoms with Gasteiger partial charge < -0.3 is 5.32 Å². The first-order valence-corrected chi connectivity index (χ1v) is 7.65. The van der Waals surface area contributed by atoms with Gasteiger partial charge in [0.25, 0.3) is 0 Å². The fourth-order valence-corrected chi connectivity index (χ4v) is 4.20. The van der Waals surface area contributed by atoms with Gasteiger partial charge in [-0.15, -0.1) is 0 Å². The molecule has 1 aromatic rings. The van der Waals surface area contributed by atoms with Crippen molar-refractivity contribution in [2.75, 3.05) is 0 Å². The van der Waals surface area contributed by atoms with E-state index in [1.165, 1.54) is 18.4 Å². The van der Waals surface area contributed by atoms with Crippen LogP contribution in [-0.4, -0.2) is 15.5 Å². The molecular weight excluding hydrogens is 230 g/mol. The molecule has 1 fully saturated rings. The van der Waals surface area contributed by atoms with Crippen LogP contribution in [0.5, 0.6) is 0 Å². The fraction of sp³-hybridized carbons (Fsp3) is 0.571. The predicted octanol–water partition coefficient (Wildman–Crippen LogP) is 2.63. The highest BCUT2D eigenvalue weighted by Gasteiger charge is 2.38. The maximum atomic E-state index is 12.4. The topological polar surface area (TPSA) is 29.1 Å². The van der Waals surface area contributed by atoms with Crippen molar-refractivity contribution < 1.29 is 4.21 Å². The number of hydrogen-bond acceptors (Lipinski definition) is 2. The molecule has 3 heteroatoms. The van der Waals surface area contributed by atoms with Crippen LogP contribution in [0.15, 0.2) is 29.2 Å². The third-order valence-electron chi connectivity index (χ3n) is 4.07. The molecule has 3 rings (SSSR count). The predicted molar refractivity (Wildman–Crippen MR) is 70.4 cm³/mol. The van der Waals surface area contributed by atoms with Crippen molar-refractivity contribution in [1.29, 1.82) is 0 Å². The van der Waals surface area contributed by atoms with E-state index in [0.29, 0.717) is 18.0 Å². The summed E-state index contributed by atoms with van der Waals surface area (Å²) in [5, 5.41) is 3.95. The van der Waals surface area contributed by atoms with Crippen LogP contribution in [0.25, 0.3) is 0 Å². The third kappa shape index (κ3) is 1.95. The van der Waals surface area contributed by atoms with E-state index in [1.807, 2.05) is 12.1 Å². The summed E-state index contributed by atoms with van der Waals surface area (Å²) >= 11 is 0. The first-order chi connectivity index (χ1) is 8.18. The van der Waals surface area contributed by atoms with Crippen LogP contribution in [-0.2, 0) is 10.8 Å². The zero-order valence-corrected chi connectivity index (χ0v) is 11.2. The number of hydrogen-bond donors (Lipinski definition) is 1. The van der Waals surface area contributed by atoms with E-state index in [2.05, 4.69) is 31.3 Å². The first-order valence-electron chi connectivity index (χ1n) is 6.44. The molecule has 2 aliphatic rings. The van der Waals surface area contributed by atoms with Crippen molar-refractivity contribution in [3.8, 4) is 0 Å². The van der Waals surface area contributed by atoms with Gasteiger partial charge in [0.05, 0.1) is 10.8 Å². The Morgan fingerprint density at radius 1 is 1.24 bits per heavy atom. The number of fused-ring (bicyclic) bond motifs is 1. The Balaban J connectivity index is 2.01. The van der Waals surface area contributed by atoms with Gasteiger partial charge in [0.15, 0.2) is 0 Å². The molecule has 1 aromatic carbocycles. The average molecular weight is 249 g/mol. The SMILES string of the molecule is CC1C(NC2CC2)c2ccccc2S(=O)C1C.